The molecule has 2 nitrogen and oxygen atoms in total. The van der Waals surface area contributed by atoms with Gasteiger partial charge in [-0.05, 0) is 34.4 Å². The third kappa shape index (κ3) is 3.15. The molecule has 0 atom stereocenters. The normalized spacial score (nSPS) is 11.0. The summed E-state index contributed by atoms with van der Waals surface area (Å²) in [5, 5.41) is 8.48. The van der Waals surface area contributed by atoms with Crippen LogP contribution in [0.4, 0.5) is 0 Å². The van der Waals surface area contributed by atoms with Crippen molar-refractivity contribution in [2.24, 2.45) is 0 Å². The molecule has 0 amide bonds. The van der Waals surface area contributed by atoms with E-state index in [1.54, 1.807) is 0 Å². The van der Waals surface area contributed by atoms with E-state index in [0.717, 1.165) is 22.1 Å². The molecule has 4 heteroatoms. The van der Waals surface area contributed by atoms with Gasteiger partial charge >= 0.3 is 0 Å². The molecule has 7 rings (SSSR count). The molecule has 32 heavy (non-hydrogen) atoms. The molecule has 0 aliphatic heterocycles. The van der Waals surface area contributed by atoms with Gasteiger partial charge in [0.05, 0.1) is 16.7 Å². The van der Waals surface area contributed by atoms with E-state index >= 15 is 0 Å². The van der Waals surface area contributed by atoms with Gasteiger partial charge in [0.2, 0.25) is 0 Å². The Bertz CT molecular complexity index is 1770. The van der Waals surface area contributed by atoms with Gasteiger partial charge in [-0.15, -0.1) is 12.1 Å². The average Bonchev–Trinajstić information content (AvgIpc) is 3.17. The first kappa shape index (κ1) is 23.0. The Balaban J connectivity index is 0.000000817. The Morgan fingerprint density at radius 2 is 1.34 bits per heavy atom. The van der Waals surface area contributed by atoms with Gasteiger partial charge in [0.15, 0.2) is 0 Å². The van der Waals surface area contributed by atoms with Gasteiger partial charge in [0.25, 0.3) is 0 Å². The SMILES string of the molecule is [CH3-].[Ir].[Y].[c-]1cc2ccccc2c2c1c1nc3ccccc3n1c1cc3ccccc3cc21. The molecule has 0 bridgehead atoms. The number of hydrogen-bond donors (Lipinski definition) is 0. The topological polar surface area (TPSA) is 17.3 Å². The quantitative estimate of drug-likeness (QED) is 0.0944. The second kappa shape index (κ2) is 8.65. The van der Waals surface area contributed by atoms with Crippen LogP contribution < -0.4 is 0 Å². The molecule has 5 aromatic carbocycles. The zero-order valence-electron chi connectivity index (χ0n) is 17.5. The Morgan fingerprint density at radius 1 is 0.688 bits per heavy atom. The number of pyridine rings is 1. The van der Waals surface area contributed by atoms with Gasteiger partial charge in [0.1, 0.15) is 0 Å². The second-order valence-electron chi connectivity index (χ2n) is 7.60. The van der Waals surface area contributed by atoms with Gasteiger partial charge in [0, 0.05) is 58.3 Å². The number of rotatable bonds is 0. The largest absolute Gasteiger partial charge is 0.358 e. The molecule has 0 saturated heterocycles. The van der Waals surface area contributed by atoms with E-state index in [0.29, 0.717) is 0 Å². The molecule has 2 heterocycles. The van der Waals surface area contributed by atoms with Gasteiger partial charge in [-0.3, -0.25) is 4.98 Å². The predicted octanol–water partition coefficient (Wildman–Crippen LogP) is 7.35. The molecule has 154 valence electrons. The number of benzene rings is 5. The van der Waals surface area contributed by atoms with E-state index in [1.807, 2.05) is 6.07 Å². The smallest absolute Gasteiger partial charge is 0.0774 e. The molecule has 0 aliphatic rings. The van der Waals surface area contributed by atoms with Crippen LogP contribution in [0.1, 0.15) is 0 Å². The van der Waals surface area contributed by atoms with Gasteiger partial charge in [-0.1, -0.05) is 88.3 Å². The zero-order chi connectivity index (χ0) is 18.9. The van der Waals surface area contributed by atoms with Crippen molar-refractivity contribution >= 4 is 59.9 Å². The van der Waals surface area contributed by atoms with E-state index in [1.165, 1.54) is 37.8 Å². The molecule has 0 spiro atoms. The van der Waals surface area contributed by atoms with Crippen LogP contribution in [0, 0.1) is 13.5 Å². The van der Waals surface area contributed by atoms with Gasteiger partial charge in [-0.2, -0.15) is 0 Å². The number of aromatic nitrogens is 2. The van der Waals surface area contributed by atoms with Crippen LogP contribution in [-0.2, 0) is 52.8 Å². The van der Waals surface area contributed by atoms with Crippen molar-refractivity contribution in [2.45, 2.75) is 0 Å². The fraction of sp³-hybridized carbons (Fsp3) is 0. The molecule has 0 unspecified atom stereocenters. The number of nitrogens with zero attached hydrogens (tertiary/aromatic N) is 2. The fourth-order valence-electron chi connectivity index (χ4n) is 4.71. The first-order chi connectivity index (χ1) is 14.4. The van der Waals surface area contributed by atoms with Crippen molar-refractivity contribution in [3.63, 3.8) is 0 Å². The summed E-state index contributed by atoms with van der Waals surface area (Å²) in [4.78, 5) is 5.01. The van der Waals surface area contributed by atoms with Crippen LogP contribution in [0.3, 0.4) is 0 Å². The Labute approximate surface area is 224 Å². The van der Waals surface area contributed by atoms with Crippen LogP contribution in [0.25, 0.3) is 59.9 Å². The van der Waals surface area contributed by atoms with Crippen molar-refractivity contribution in [1.29, 1.82) is 0 Å². The van der Waals surface area contributed by atoms with Crippen LogP contribution >= 0.6 is 0 Å². The molecule has 0 saturated carbocycles. The minimum atomic E-state index is 0. The summed E-state index contributed by atoms with van der Waals surface area (Å²) in [6.07, 6.45) is 0. The van der Waals surface area contributed by atoms with E-state index < -0.39 is 0 Å². The molecule has 0 N–H and O–H groups in total. The van der Waals surface area contributed by atoms with Crippen LogP contribution in [0.5, 0.6) is 0 Å². The maximum Gasteiger partial charge on any atom is 0.0774 e. The van der Waals surface area contributed by atoms with Crippen molar-refractivity contribution in [3.05, 3.63) is 104 Å². The molecule has 0 aliphatic carbocycles. The van der Waals surface area contributed by atoms with E-state index in [4.69, 9.17) is 4.98 Å². The van der Waals surface area contributed by atoms with Crippen molar-refractivity contribution in [2.75, 3.05) is 0 Å². The van der Waals surface area contributed by atoms with Gasteiger partial charge in [-0.25, -0.2) is 0 Å². The summed E-state index contributed by atoms with van der Waals surface area (Å²) in [5.74, 6) is 0. The summed E-state index contributed by atoms with van der Waals surface area (Å²) in [6, 6.07) is 35.8. The third-order valence-corrected chi connectivity index (χ3v) is 6.01. The molecule has 2 aromatic heterocycles. The third-order valence-electron chi connectivity index (χ3n) is 6.01. The summed E-state index contributed by atoms with van der Waals surface area (Å²) in [6.45, 7) is 0. The van der Waals surface area contributed by atoms with Crippen LogP contribution in [0.2, 0.25) is 0 Å². The predicted molar refractivity (Wildman–Crippen MR) is 128 cm³/mol. The maximum atomic E-state index is 5.01. The minimum Gasteiger partial charge on any atom is -0.358 e. The number of para-hydroxylation sites is 2. The van der Waals surface area contributed by atoms with E-state index in [9.17, 15) is 0 Å². The van der Waals surface area contributed by atoms with Crippen LogP contribution in [-0.4, -0.2) is 9.38 Å². The Morgan fingerprint density at radius 3 is 2.16 bits per heavy atom. The molecular formula is C28H18IrN2Y-2. The molecule has 7 aromatic rings. The molecule has 2 radical (unpaired) electrons. The summed E-state index contributed by atoms with van der Waals surface area (Å²) in [7, 11) is 0. The minimum absolute atomic E-state index is 0. The first-order valence-corrected chi connectivity index (χ1v) is 9.83. The van der Waals surface area contributed by atoms with Crippen LogP contribution in [0.15, 0.2) is 91.0 Å². The van der Waals surface area contributed by atoms with Crippen molar-refractivity contribution < 1.29 is 52.8 Å². The number of fused-ring (bicyclic) bond motifs is 11. The molecular weight excluding hydrogens is 645 g/mol. The standard InChI is InChI=1S/C27H15N2.CH3.Ir.Y/c1-2-9-19-16-25-22(15-18(19)8-1)26-20-10-4-3-7-17(20)13-14-21(26)27-28-23-11-5-6-12-24(23)29(25)27;;;/h1-13,15-16H;1H3;;/q2*-1;;. The molecule has 0 fully saturated rings. The fourth-order valence-corrected chi connectivity index (χ4v) is 4.71. The summed E-state index contributed by atoms with van der Waals surface area (Å²) >= 11 is 0. The van der Waals surface area contributed by atoms with E-state index in [-0.39, 0.29) is 60.2 Å². The summed E-state index contributed by atoms with van der Waals surface area (Å²) in [5.41, 5.74) is 4.29. The Kier molecular flexibility index (Phi) is 6.22. The monoisotopic (exact) mass is 664 g/mol. The number of imidazole rings is 1. The zero-order valence-corrected chi connectivity index (χ0v) is 22.7. The van der Waals surface area contributed by atoms with Gasteiger partial charge < -0.3 is 11.8 Å². The first-order valence-electron chi connectivity index (χ1n) is 9.83. The maximum absolute atomic E-state index is 5.01. The number of hydrogen-bond acceptors (Lipinski definition) is 1. The Hall–Kier alpha value is -2.16. The summed E-state index contributed by atoms with van der Waals surface area (Å²) < 4.78 is 2.30. The second-order valence-corrected chi connectivity index (χ2v) is 7.60. The van der Waals surface area contributed by atoms with Crippen molar-refractivity contribution in [1.82, 2.24) is 9.38 Å². The van der Waals surface area contributed by atoms with E-state index in [2.05, 4.69) is 95.4 Å². The van der Waals surface area contributed by atoms with Crippen molar-refractivity contribution in [3.8, 4) is 0 Å². The average molecular weight is 664 g/mol.